The van der Waals surface area contributed by atoms with Gasteiger partial charge in [0.1, 0.15) is 11.6 Å². The average molecular weight is 310 g/mol. The number of aliphatic hydroxyl groups excluding tert-OH is 1. The predicted molar refractivity (Wildman–Crippen MR) is 77.1 cm³/mol. The van der Waals surface area contributed by atoms with E-state index in [4.69, 9.17) is 0 Å². The van der Waals surface area contributed by atoms with Crippen molar-refractivity contribution in [1.82, 2.24) is 10.2 Å². The van der Waals surface area contributed by atoms with E-state index in [1.807, 2.05) is 4.90 Å². The zero-order valence-electron chi connectivity index (χ0n) is 12.3. The molecule has 1 aromatic carbocycles. The van der Waals surface area contributed by atoms with Crippen LogP contribution in [0.25, 0.3) is 0 Å². The molecule has 0 aromatic heterocycles. The van der Waals surface area contributed by atoms with Crippen LogP contribution in [0.5, 0.6) is 0 Å². The fourth-order valence-electron chi connectivity index (χ4n) is 2.96. The van der Waals surface area contributed by atoms with Crippen molar-refractivity contribution in [1.29, 1.82) is 0 Å². The number of amides is 1. The number of carbonyl (C=O) groups is 1. The molecule has 0 spiro atoms. The SMILES string of the molecule is O=C(NC1CC1)C1CCCN1CC(O)c1ccc(F)cc1F. The molecule has 1 amide bonds. The summed E-state index contributed by atoms with van der Waals surface area (Å²) in [5.74, 6) is -1.44. The Hall–Kier alpha value is -1.53. The number of aliphatic hydroxyl groups is 1. The van der Waals surface area contributed by atoms with Crippen molar-refractivity contribution >= 4 is 5.91 Å². The maximum atomic E-state index is 13.7. The average Bonchev–Trinajstić information content (AvgIpc) is 3.14. The third-order valence-electron chi connectivity index (χ3n) is 4.32. The van der Waals surface area contributed by atoms with Gasteiger partial charge in [-0.15, -0.1) is 0 Å². The summed E-state index contributed by atoms with van der Waals surface area (Å²) in [6, 6.07) is 3.18. The summed E-state index contributed by atoms with van der Waals surface area (Å²) in [6.07, 6.45) is 2.61. The van der Waals surface area contributed by atoms with Gasteiger partial charge in [-0.2, -0.15) is 0 Å². The van der Waals surface area contributed by atoms with Crippen molar-refractivity contribution in [2.45, 2.75) is 43.9 Å². The Morgan fingerprint density at radius 1 is 1.36 bits per heavy atom. The van der Waals surface area contributed by atoms with Gasteiger partial charge in [-0.1, -0.05) is 6.07 Å². The topological polar surface area (TPSA) is 52.6 Å². The summed E-state index contributed by atoms with van der Waals surface area (Å²) in [4.78, 5) is 14.1. The van der Waals surface area contributed by atoms with Gasteiger partial charge in [0, 0.05) is 24.2 Å². The lowest BCUT2D eigenvalue weighted by Gasteiger charge is -2.26. The van der Waals surface area contributed by atoms with Gasteiger partial charge in [0.25, 0.3) is 0 Å². The van der Waals surface area contributed by atoms with Crippen LogP contribution >= 0.6 is 0 Å². The van der Waals surface area contributed by atoms with Crippen molar-refractivity contribution in [3.05, 3.63) is 35.4 Å². The molecule has 2 fully saturated rings. The molecule has 3 rings (SSSR count). The smallest absolute Gasteiger partial charge is 0.237 e. The van der Waals surface area contributed by atoms with Crippen LogP contribution in [0.3, 0.4) is 0 Å². The van der Waals surface area contributed by atoms with Gasteiger partial charge in [-0.05, 0) is 38.3 Å². The third kappa shape index (κ3) is 3.44. The van der Waals surface area contributed by atoms with Gasteiger partial charge in [0.2, 0.25) is 5.91 Å². The molecule has 2 N–H and O–H groups in total. The number of nitrogens with zero attached hydrogens (tertiary/aromatic N) is 1. The number of nitrogens with one attached hydrogen (secondary N) is 1. The Morgan fingerprint density at radius 2 is 2.14 bits per heavy atom. The van der Waals surface area contributed by atoms with Crippen LogP contribution in [0.2, 0.25) is 0 Å². The molecule has 1 aliphatic heterocycles. The highest BCUT2D eigenvalue weighted by atomic mass is 19.1. The minimum Gasteiger partial charge on any atom is -0.387 e. The van der Waals surface area contributed by atoms with E-state index in [-0.39, 0.29) is 24.1 Å². The molecular formula is C16H20F2N2O2. The summed E-state index contributed by atoms with van der Waals surface area (Å²) in [5, 5.41) is 13.2. The monoisotopic (exact) mass is 310 g/mol. The molecule has 1 saturated heterocycles. The van der Waals surface area contributed by atoms with E-state index in [9.17, 15) is 18.7 Å². The summed E-state index contributed by atoms with van der Waals surface area (Å²) in [7, 11) is 0. The molecule has 6 heteroatoms. The Balaban J connectivity index is 1.64. The first-order valence-corrected chi connectivity index (χ1v) is 7.72. The first-order valence-electron chi connectivity index (χ1n) is 7.72. The highest BCUT2D eigenvalue weighted by molar-refractivity contribution is 5.82. The van der Waals surface area contributed by atoms with E-state index in [0.29, 0.717) is 12.6 Å². The fourth-order valence-corrected chi connectivity index (χ4v) is 2.96. The van der Waals surface area contributed by atoms with Gasteiger partial charge in [-0.3, -0.25) is 9.69 Å². The lowest BCUT2D eigenvalue weighted by Crippen LogP contribution is -2.45. The minimum absolute atomic E-state index is 0.00761. The molecule has 0 bridgehead atoms. The normalized spacial score (nSPS) is 23.5. The number of hydrogen-bond donors (Lipinski definition) is 2. The summed E-state index contributed by atoms with van der Waals surface area (Å²) in [6.45, 7) is 0.869. The van der Waals surface area contributed by atoms with Crippen molar-refractivity contribution in [3.63, 3.8) is 0 Å². The van der Waals surface area contributed by atoms with E-state index in [1.165, 1.54) is 6.07 Å². The van der Waals surface area contributed by atoms with Crippen molar-refractivity contribution in [3.8, 4) is 0 Å². The Bertz CT molecular complexity index is 563. The largest absolute Gasteiger partial charge is 0.387 e. The Kier molecular flexibility index (Phi) is 4.40. The van der Waals surface area contributed by atoms with Crippen LogP contribution in [0.4, 0.5) is 8.78 Å². The highest BCUT2D eigenvalue weighted by Gasteiger charge is 2.35. The molecule has 2 atom stereocenters. The van der Waals surface area contributed by atoms with Crippen LogP contribution in [-0.2, 0) is 4.79 Å². The number of hydrogen-bond acceptors (Lipinski definition) is 3. The van der Waals surface area contributed by atoms with Crippen LogP contribution in [0.1, 0.15) is 37.4 Å². The Morgan fingerprint density at radius 3 is 2.82 bits per heavy atom. The number of carbonyl (C=O) groups excluding carboxylic acids is 1. The van der Waals surface area contributed by atoms with E-state index in [0.717, 1.165) is 37.8 Å². The number of benzene rings is 1. The third-order valence-corrected chi connectivity index (χ3v) is 4.32. The number of halogens is 2. The lowest BCUT2D eigenvalue weighted by atomic mass is 10.1. The van der Waals surface area contributed by atoms with Crippen LogP contribution in [0.15, 0.2) is 18.2 Å². The van der Waals surface area contributed by atoms with Crippen molar-refractivity contribution in [2.24, 2.45) is 0 Å². The van der Waals surface area contributed by atoms with Gasteiger partial charge in [0.05, 0.1) is 12.1 Å². The molecule has 120 valence electrons. The van der Waals surface area contributed by atoms with E-state index >= 15 is 0 Å². The van der Waals surface area contributed by atoms with Crippen LogP contribution < -0.4 is 5.32 Å². The zero-order chi connectivity index (χ0) is 15.7. The first-order chi connectivity index (χ1) is 10.5. The molecule has 1 heterocycles. The summed E-state index contributed by atoms with van der Waals surface area (Å²) >= 11 is 0. The second kappa shape index (κ2) is 6.30. The molecule has 1 saturated carbocycles. The second-order valence-corrected chi connectivity index (χ2v) is 6.12. The number of likely N-dealkylation sites (tertiary alicyclic amines) is 1. The van der Waals surface area contributed by atoms with Gasteiger partial charge in [0.15, 0.2) is 0 Å². The van der Waals surface area contributed by atoms with Crippen molar-refractivity contribution < 1.29 is 18.7 Å². The molecule has 2 unspecified atom stereocenters. The minimum atomic E-state index is -1.07. The van der Waals surface area contributed by atoms with Gasteiger partial charge >= 0.3 is 0 Å². The van der Waals surface area contributed by atoms with E-state index < -0.39 is 17.7 Å². The molecule has 22 heavy (non-hydrogen) atoms. The lowest BCUT2D eigenvalue weighted by molar-refractivity contribution is -0.126. The maximum Gasteiger partial charge on any atom is 0.237 e. The molecular weight excluding hydrogens is 290 g/mol. The van der Waals surface area contributed by atoms with Gasteiger partial charge in [-0.25, -0.2) is 8.78 Å². The van der Waals surface area contributed by atoms with E-state index in [2.05, 4.69) is 5.32 Å². The summed E-state index contributed by atoms with van der Waals surface area (Å²) < 4.78 is 26.6. The zero-order valence-corrected chi connectivity index (χ0v) is 12.3. The molecule has 1 aliphatic carbocycles. The van der Waals surface area contributed by atoms with Crippen LogP contribution in [-0.4, -0.2) is 41.1 Å². The fraction of sp³-hybridized carbons (Fsp3) is 0.562. The number of β-amino-alcohol motifs (C(OH)–C–C–N with tert-alkyl or cyclic N) is 1. The van der Waals surface area contributed by atoms with Gasteiger partial charge < -0.3 is 10.4 Å². The summed E-state index contributed by atoms with van der Waals surface area (Å²) in [5.41, 5.74) is 0.0645. The Labute approximate surface area is 128 Å². The highest BCUT2D eigenvalue weighted by Crippen LogP contribution is 2.25. The second-order valence-electron chi connectivity index (χ2n) is 6.12. The van der Waals surface area contributed by atoms with Crippen molar-refractivity contribution in [2.75, 3.05) is 13.1 Å². The molecule has 2 aliphatic rings. The number of rotatable bonds is 5. The molecule has 4 nitrogen and oxygen atoms in total. The quantitative estimate of drug-likeness (QED) is 0.871. The van der Waals surface area contributed by atoms with Crippen LogP contribution in [0, 0.1) is 11.6 Å². The first kappa shape index (κ1) is 15.4. The standard InChI is InChI=1S/C16H20F2N2O2/c17-10-3-6-12(13(18)8-10)15(21)9-20-7-1-2-14(20)16(22)19-11-4-5-11/h3,6,8,11,14-15,21H,1-2,4-5,7,9H2,(H,19,22). The molecule has 1 aromatic rings. The predicted octanol–water partition coefficient (Wildman–Crippen LogP) is 1.74. The molecule has 0 radical (unpaired) electrons. The maximum absolute atomic E-state index is 13.7. The van der Waals surface area contributed by atoms with E-state index in [1.54, 1.807) is 0 Å².